The zero-order valence-electron chi connectivity index (χ0n) is 14.3. The van der Waals surface area contributed by atoms with E-state index in [9.17, 15) is 9.59 Å². The Hall–Kier alpha value is -2.44. The smallest absolute Gasteiger partial charge is 0.296 e. The van der Waals surface area contributed by atoms with E-state index in [2.05, 4.69) is 15.3 Å². The molecule has 1 N–H and O–H groups in total. The van der Waals surface area contributed by atoms with Gasteiger partial charge in [0.25, 0.3) is 11.7 Å². The average molecular weight is 403 g/mol. The number of rotatable bonds is 5. The van der Waals surface area contributed by atoms with Gasteiger partial charge in [0.15, 0.2) is 0 Å². The van der Waals surface area contributed by atoms with E-state index in [1.807, 2.05) is 4.57 Å². The van der Waals surface area contributed by atoms with Gasteiger partial charge in [-0.15, -0.1) is 0 Å². The van der Waals surface area contributed by atoms with Crippen molar-refractivity contribution in [3.63, 3.8) is 0 Å². The van der Waals surface area contributed by atoms with Crippen LogP contribution in [0.5, 0.6) is 0 Å². The average Bonchev–Trinajstić information content (AvgIpc) is 2.99. The number of anilines is 1. The van der Waals surface area contributed by atoms with Crippen LogP contribution in [-0.4, -0.2) is 26.2 Å². The second-order valence-corrected chi connectivity index (χ2v) is 7.44. The third-order valence-electron chi connectivity index (χ3n) is 4.86. The number of carbonyl (C=O) groups is 2. The van der Waals surface area contributed by atoms with E-state index in [-0.39, 0.29) is 15.7 Å². The molecule has 6 nitrogen and oxygen atoms in total. The number of hydrogen-bond acceptors (Lipinski definition) is 4. The van der Waals surface area contributed by atoms with E-state index in [0.717, 1.165) is 6.54 Å². The number of fused-ring (bicyclic) bond motifs is 1. The van der Waals surface area contributed by atoms with Crippen LogP contribution in [0.25, 0.3) is 11.0 Å². The van der Waals surface area contributed by atoms with Gasteiger partial charge in [-0.2, -0.15) is 0 Å². The van der Waals surface area contributed by atoms with Crippen LogP contribution in [0.2, 0.25) is 10.0 Å². The maximum absolute atomic E-state index is 12.8. The van der Waals surface area contributed by atoms with Crippen LogP contribution in [0.15, 0.2) is 36.9 Å². The summed E-state index contributed by atoms with van der Waals surface area (Å²) in [5.41, 5.74) is 1.19. The Morgan fingerprint density at radius 2 is 1.96 bits per heavy atom. The summed E-state index contributed by atoms with van der Waals surface area (Å²) in [6, 6.07) is 3.55. The molecule has 0 aliphatic heterocycles. The third kappa shape index (κ3) is 3.42. The highest BCUT2D eigenvalue weighted by molar-refractivity contribution is 6.50. The lowest BCUT2D eigenvalue weighted by Crippen LogP contribution is -2.23. The second kappa shape index (κ2) is 7.29. The predicted molar refractivity (Wildman–Crippen MR) is 104 cm³/mol. The SMILES string of the molecule is O=C(Nc1c(Cl)cncc1Cl)C(=O)c1cn(CC2CCC2)c2ncccc12. The number of hydrogen-bond donors (Lipinski definition) is 1. The molecule has 0 radical (unpaired) electrons. The Morgan fingerprint density at radius 3 is 2.63 bits per heavy atom. The molecule has 1 aliphatic rings. The lowest BCUT2D eigenvalue weighted by atomic mass is 9.85. The van der Waals surface area contributed by atoms with E-state index in [4.69, 9.17) is 23.2 Å². The lowest BCUT2D eigenvalue weighted by Gasteiger charge is -2.25. The Kier molecular flexibility index (Phi) is 4.85. The summed E-state index contributed by atoms with van der Waals surface area (Å²) in [7, 11) is 0. The molecule has 4 rings (SSSR count). The fourth-order valence-electron chi connectivity index (χ4n) is 3.22. The van der Waals surface area contributed by atoms with Crippen molar-refractivity contribution in [2.24, 2.45) is 5.92 Å². The van der Waals surface area contributed by atoms with Crippen molar-refractivity contribution in [1.29, 1.82) is 0 Å². The van der Waals surface area contributed by atoms with Gasteiger partial charge >= 0.3 is 0 Å². The van der Waals surface area contributed by atoms with Gasteiger partial charge in [0.1, 0.15) is 5.65 Å². The van der Waals surface area contributed by atoms with Crippen LogP contribution >= 0.6 is 23.2 Å². The van der Waals surface area contributed by atoms with Crippen molar-refractivity contribution >= 4 is 51.6 Å². The van der Waals surface area contributed by atoms with Gasteiger partial charge in [-0.1, -0.05) is 29.6 Å². The van der Waals surface area contributed by atoms with Crippen molar-refractivity contribution in [3.8, 4) is 0 Å². The van der Waals surface area contributed by atoms with Crippen LogP contribution in [0.4, 0.5) is 5.69 Å². The first-order valence-electron chi connectivity index (χ1n) is 8.63. The van der Waals surface area contributed by atoms with Gasteiger partial charge in [0, 0.05) is 36.7 Å². The van der Waals surface area contributed by atoms with Crippen LogP contribution in [0.1, 0.15) is 29.6 Å². The van der Waals surface area contributed by atoms with E-state index >= 15 is 0 Å². The van der Waals surface area contributed by atoms with Crippen molar-refractivity contribution in [2.45, 2.75) is 25.8 Å². The monoisotopic (exact) mass is 402 g/mol. The molecule has 0 saturated heterocycles. The molecule has 3 heterocycles. The minimum atomic E-state index is -0.809. The number of halogens is 2. The number of nitrogens with one attached hydrogen (secondary N) is 1. The summed E-state index contributed by atoms with van der Waals surface area (Å²) in [6.07, 6.45) is 9.69. The summed E-state index contributed by atoms with van der Waals surface area (Å²) in [5, 5.41) is 3.48. The van der Waals surface area contributed by atoms with E-state index in [0.29, 0.717) is 22.5 Å². The normalized spacial score (nSPS) is 14.1. The van der Waals surface area contributed by atoms with Gasteiger partial charge < -0.3 is 9.88 Å². The zero-order chi connectivity index (χ0) is 19.0. The standard InChI is InChI=1S/C19H16Cl2N4O2/c20-14-7-22-8-15(21)16(14)24-19(27)17(26)13-10-25(9-11-3-1-4-11)18-12(13)5-2-6-23-18/h2,5-8,10-11H,1,3-4,9H2,(H,22,24,27). The molecule has 0 atom stereocenters. The molecule has 8 heteroatoms. The summed E-state index contributed by atoms with van der Waals surface area (Å²) in [5.74, 6) is -0.880. The van der Waals surface area contributed by atoms with E-state index in [1.54, 1.807) is 24.5 Å². The molecule has 1 amide bonds. The predicted octanol–water partition coefficient (Wildman–Crippen LogP) is 4.36. The highest BCUT2D eigenvalue weighted by Crippen LogP contribution is 2.31. The topological polar surface area (TPSA) is 76.9 Å². The fourth-order valence-corrected chi connectivity index (χ4v) is 3.68. The summed E-state index contributed by atoms with van der Waals surface area (Å²) >= 11 is 12.0. The van der Waals surface area contributed by atoms with Gasteiger partial charge in [-0.05, 0) is 30.9 Å². The first-order chi connectivity index (χ1) is 13.0. The summed E-state index contributed by atoms with van der Waals surface area (Å²) in [4.78, 5) is 33.6. The van der Waals surface area contributed by atoms with Crippen molar-refractivity contribution in [3.05, 3.63) is 52.5 Å². The highest BCUT2D eigenvalue weighted by atomic mass is 35.5. The largest absolute Gasteiger partial charge is 0.331 e. The molecule has 1 saturated carbocycles. The molecule has 1 fully saturated rings. The zero-order valence-corrected chi connectivity index (χ0v) is 15.8. The maximum atomic E-state index is 12.8. The summed E-state index contributed by atoms with van der Waals surface area (Å²) in [6.45, 7) is 0.796. The summed E-state index contributed by atoms with van der Waals surface area (Å²) < 4.78 is 1.96. The number of Topliss-reactive ketones (excluding diaryl/α,β-unsaturated/α-hetero) is 1. The number of amides is 1. The molecule has 0 bridgehead atoms. The van der Waals surface area contributed by atoms with E-state index < -0.39 is 11.7 Å². The Morgan fingerprint density at radius 1 is 1.22 bits per heavy atom. The van der Waals surface area contributed by atoms with Crippen molar-refractivity contribution < 1.29 is 9.59 Å². The Bertz CT molecular complexity index is 1020. The molecule has 1 aliphatic carbocycles. The second-order valence-electron chi connectivity index (χ2n) is 6.63. The number of aromatic nitrogens is 3. The van der Waals surface area contributed by atoms with Crippen molar-refractivity contribution in [2.75, 3.05) is 5.32 Å². The minimum Gasteiger partial charge on any atom is -0.331 e. The molecule has 0 aromatic carbocycles. The van der Waals surface area contributed by atoms with Crippen LogP contribution in [0.3, 0.4) is 0 Å². The van der Waals surface area contributed by atoms with Crippen LogP contribution in [-0.2, 0) is 11.3 Å². The van der Waals surface area contributed by atoms with E-state index in [1.165, 1.54) is 31.7 Å². The maximum Gasteiger partial charge on any atom is 0.296 e. The fraction of sp³-hybridized carbons (Fsp3) is 0.263. The molecule has 138 valence electrons. The molecule has 27 heavy (non-hydrogen) atoms. The first kappa shape index (κ1) is 17.9. The molecule has 3 aromatic rings. The molecule has 0 unspecified atom stereocenters. The number of nitrogens with zero attached hydrogens (tertiary/aromatic N) is 3. The first-order valence-corrected chi connectivity index (χ1v) is 9.38. The minimum absolute atomic E-state index is 0.165. The van der Waals surface area contributed by atoms with Gasteiger partial charge in [0.2, 0.25) is 0 Å². The van der Waals surface area contributed by atoms with Gasteiger partial charge in [0.05, 0.1) is 21.3 Å². The van der Waals surface area contributed by atoms with Gasteiger partial charge in [-0.3, -0.25) is 14.6 Å². The van der Waals surface area contributed by atoms with Crippen molar-refractivity contribution in [1.82, 2.24) is 14.5 Å². The lowest BCUT2D eigenvalue weighted by molar-refractivity contribution is -0.112. The quantitative estimate of drug-likeness (QED) is 0.507. The molecular weight excluding hydrogens is 387 g/mol. The highest BCUT2D eigenvalue weighted by Gasteiger charge is 2.25. The Balaban J connectivity index is 1.65. The Labute approximate surface area is 165 Å². The molecule has 3 aromatic heterocycles. The molecular formula is C19H16Cl2N4O2. The van der Waals surface area contributed by atoms with Crippen LogP contribution < -0.4 is 5.32 Å². The number of carbonyl (C=O) groups excluding carboxylic acids is 2. The number of pyridine rings is 2. The van der Waals surface area contributed by atoms with Gasteiger partial charge in [-0.25, -0.2) is 4.98 Å². The number of ketones is 1. The molecule has 0 spiro atoms. The van der Waals surface area contributed by atoms with Crippen LogP contribution in [0, 0.1) is 5.92 Å². The third-order valence-corrected chi connectivity index (χ3v) is 5.43.